The summed E-state index contributed by atoms with van der Waals surface area (Å²) in [5.74, 6) is -0.837. The first-order valence-corrected chi connectivity index (χ1v) is 15.1. The number of sulfonamides is 1. The van der Waals surface area contributed by atoms with E-state index in [2.05, 4.69) is 5.32 Å². The number of hydrogen-bond donors (Lipinski definition) is 1. The molecule has 0 saturated heterocycles. The zero-order valence-electron chi connectivity index (χ0n) is 23.9. The minimum absolute atomic E-state index is 0.0423. The average molecular weight is 584 g/mol. The van der Waals surface area contributed by atoms with Crippen molar-refractivity contribution in [2.75, 3.05) is 10.8 Å². The van der Waals surface area contributed by atoms with Crippen molar-refractivity contribution in [3.8, 4) is 0 Å². The van der Waals surface area contributed by atoms with E-state index in [0.29, 0.717) is 28.3 Å². The summed E-state index contributed by atoms with van der Waals surface area (Å²) >= 11 is 6.45. The first kappa shape index (κ1) is 31.2. The number of nitrogens with one attached hydrogen (secondary N) is 1. The lowest BCUT2D eigenvalue weighted by Gasteiger charge is -2.35. The average Bonchev–Trinajstić information content (AvgIpc) is 2.89. The van der Waals surface area contributed by atoms with Gasteiger partial charge in [-0.15, -0.1) is 0 Å². The van der Waals surface area contributed by atoms with Crippen LogP contribution in [-0.4, -0.2) is 43.3 Å². The number of anilines is 1. The number of carbonyl (C=O) groups excluding carboxylic acids is 2. The van der Waals surface area contributed by atoms with Gasteiger partial charge in [0, 0.05) is 17.1 Å². The number of halogens is 1. The normalized spacial score (nSPS) is 12.5. The number of hydrogen-bond acceptors (Lipinski definition) is 4. The van der Waals surface area contributed by atoms with Crippen LogP contribution in [0.2, 0.25) is 5.02 Å². The molecule has 0 heterocycles. The molecule has 0 fully saturated rings. The molecule has 214 valence electrons. The van der Waals surface area contributed by atoms with Crippen LogP contribution in [0.1, 0.15) is 50.8 Å². The molecule has 1 N–H and O–H groups in total. The van der Waals surface area contributed by atoms with Crippen LogP contribution < -0.4 is 9.62 Å². The van der Waals surface area contributed by atoms with E-state index in [1.54, 1.807) is 49.4 Å². The van der Waals surface area contributed by atoms with Gasteiger partial charge < -0.3 is 10.2 Å². The number of rotatable bonds is 10. The van der Waals surface area contributed by atoms with E-state index in [1.165, 1.54) is 17.0 Å². The van der Waals surface area contributed by atoms with Crippen LogP contribution in [0.15, 0.2) is 77.7 Å². The van der Waals surface area contributed by atoms with E-state index in [4.69, 9.17) is 11.6 Å². The summed E-state index contributed by atoms with van der Waals surface area (Å²) in [7, 11) is -4.13. The molecule has 0 saturated carbocycles. The highest BCUT2D eigenvalue weighted by atomic mass is 35.5. The zero-order chi connectivity index (χ0) is 29.7. The van der Waals surface area contributed by atoms with Crippen molar-refractivity contribution < 1.29 is 18.0 Å². The van der Waals surface area contributed by atoms with Gasteiger partial charge in [0.2, 0.25) is 11.8 Å². The molecule has 0 unspecified atom stereocenters. The van der Waals surface area contributed by atoms with Gasteiger partial charge in [-0.3, -0.25) is 13.9 Å². The molecule has 3 aromatic rings. The lowest BCUT2D eigenvalue weighted by atomic mass is 10.1. The fraction of sp³-hybridized carbons (Fsp3) is 0.355. The Balaban J connectivity index is 2.12. The van der Waals surface area contributed by atoms with Crippen LogP contribution in [0.4, 0.5) is 5.69 Å². The molecule has 0 bridgehead atoms. The summed E-state index contributed by atoms with van der Waals surface area (Å²) in [5.41, 5.74) is 2.09. The minimum Gasteiger partial charge on any atom is -0.350 e. The Kier molecular flexibility index (Phi) is 10.0. The molecule has 0 aliphatic rings. The quantitative estimate of drug-likeness (QED) is 0.323. The smallest absolute Gasteiger partial charge is 0.264 e. The Morgan fingerprint density at radius 3 is 2.17 bits per heavy atom. The maximum absolute atomic E-state index is 14.2. The van der Waals surface area contributed by atoms with Gasteiger partial charge in [0.15, 0.2) is 0 Å². The Labute approximate surface area is 243 Å². The number of carbonyl (C=O) groups is 2. The third-order valence-electron chi connectivity index (χ3n) is 6.43. The number of amides is 2. The molecule has 3 aromatic carbocycles. The fourth-order valence-corrected chi connectivity index (χ4v) is 6.09. The second-order valence-electron chi connectivity index (χ2n) is 10.9. The second kappa shape index (κ2) is 12.9. The molecule has 0 spiro atoms. The van der Waals surface area contributed by atoms with Crippen molar-refractivity contribution in [3.63, 3.8) is 0 Å². The van der Waals surface area contributed by atoms with Crippen molar-refractivity contribution in [1.29, 1.82) is 0 Å². The van der Waals surface area contributed by atoms with Gasteiger partial charge in [0.05, 0.1) is 10.6 Å². The van der Waals surface area contributed by atoms with E-state index in [-0.39, 0.29) is 17.3 Å². The molecule has 3 rings (SSSR count). The molecule has 0 aliphatic heterocycles. The molecule has 7 nitrogen and oxygen atoms in total. The Morgan fingerprint density at radius 2 is 1.57 bits per heavy atom. The third-order valence-corrected chi connectivity index (χ3v) is 8.57. The third kappa shape index (κ3) is 7.64. The van der Waals surface area contributed by atoms with Crippen molar-refractivity contribution in [2.45, 2.75) is 71.0 Å². The van der Waals surface area contributed by atoms with Gasteiger partial charge in [-0.2, -0.15) is 0 Å². The molecule has 0 aliphatic carbocycles. The molecule has 40 heavy (non-hydrogen) atoms. The minimum atomic E-state index is -4.13. The highest BCUT2D eigenvalue weighted by Crippen LogP contribution is 2.29. The lowest BCUT2D eigenvalue weighted by Crippen LogP contribution is -2.55. The highest BCUT2D eigenvalue weighted by Gasteiger charge is 2.35. The summed E-state index contributed by atoms with van der Waals surface area (Å²) in [6.07, 6.45) is 0.326. The topological polar surface area (TPSA) is 86.8 Å². The van der Waals surface area contributed by atoms with Gasteiger partial charge in [-0.25, -0.2) is 8.42 Å². The maximum Gasteiger partial charge on any atom is 0.264 e. The van der Waals surface area contributed by atoms with Crippen LogP contribution >= 0.6 is 11.6 Å². The predicted octanol–water partition coefficient (Wildman–Crippen LogP) is 5.87. The SMILES string of the molecule is CC[C@H](C(=O)NC(C)(C)C)N(Cc1ccccc1Cl)C(=O)CN(c1cc(C)ccc1C)S(=O)(=O)c1ccccc1. The van der Waals surface area contributed by atoms with E-state index < -0.39 is 34.1 Å². The van der Waals surface area contributed by atoms with Crippen LogP contribution in [0.3, 0.4) is 0 Å². The maximum atomic E-state index is 14.2. The van der Waals surface area contributed by atoms with Crippen LogP contribution in [0.5, 0.6) is 0 Å². The van der Waals surface area contributed by atoms with Gasteiger partial charge in [0.25, 0.3) is 10.0 Å². The van der Waals surface area contributed by atoms with Crippen LogP contribution in [0, 0.1) is 13.8 Å². The molecule has 9 heteroatoms. The highest BCUT2D eigenvalue weighted by molar-refractivity contribution is 7.92. The lowest BCUT2D eigenvalue weighted by molar-refractivity contribution is -0.141. The predicted molar refractivity (Wildman–Crippen MR) is 161 cm³/mol. The fourth-order valence-electron chi connectivity index (χ4n) is 4.40. The van der Waals surface area contributed by atoms with Gasteiger partial charge in [-0.05, 0) is 82.0 Å². The summed E-state index contributed by atoms with van der Waals surface area (Å²) in [6.45, 7) is 10.6. The van der Waals surface area contributed by atoms with E-state index in [1.807, 2.05) is 52.8 Å². The van der Waals surface area contributed by atoms with Crippen LogP contribution in [0.25, 0.3) is 0 Å². The monoisotopic (exact) mass is 583 g/mol. The largest absolute Gasteiger partial charge is 0.350 e. The Morgan fingerprint density at radius 1 is 0.950 bits per heavy atom. The van der Waals surface area contributed by atoms with E-state index >= 15 is 0 Å². The van der Waals surface area contributed by atoms with Crippen LogP contribution in [-0.2, 0) is 26.2 Å². The summed E-state index contributed by atoms with van der Waals surface area (Å²) in [4.78, 5) is 29.1. The first-order chi connectivity index (χ1) is 18.7. The van der Waals surface area contributed by atoms with Crippen molar-refractivity contribution in [1.82, 2.24) is 10.2 Å². The zero-order valence-corrected chi connectivity index (χ0v) is 25.5. The molecular formula is C31H38ClN3O4S. The summed E-state index contributed by atoms with van der Waals surface area (Å²) in [5, 5.41) is 3.42. The Bertz CT molecular complexity index is 1450. The van der Waals surface area contributed by atoms with Crippen molar-refractivity contribution in [3.05, 3.63) is 94.5 Å². The molecular weight excluding hydrogens is 546 g/mol. The standard InChI is InChI=1S/C31H38ClN3O4S/c1-7-27(30(37)33-31(4,5)6)34(20-24-13-11-12-16-26(24)32)29(36)21-35(28-19-22(2)17-18-23(28)3)40(38,39)25-14-9-8-10-15-25/h8-19,27H,7,20-21H2,1-6H3,(H,33,37)/t27-/m1/s1. The first-order valence-electron chi connectivity index (χ1n) is 13.2. The van der Waals surface area contributed by atoms with Gasteiger partial charge >= 0.3 is 0 Å². The number of aryl methyl sites for hydroxylation is 2. The molecule has 0 aromatic heterocycles. The second-order valence-corrected chi connectivity index (χ2v) is 13.2. The van der Waals surface area contributed by atoms with E-state index in [0.717, 1.165) is 9.87 Å². The number of nitrogens with zero attached hydrogens (tertiary/aromatic N) is 2. The van der Waals surface area contributed by atoms with Crippen molar-refractivity contribution >= 4 is 39.1 Å². The van der Waals surface area contributed by atoms with Crippen molar-refractivity contribution in [2.24, 2.45) is 0 Å². The number of benzene rings is 3. The van der Waals surface area contributed by atoms with Gasteiger partial charge in [-0.1, -0.05) is 67.1 Å². The Hall–Kier alpha value is -3.36. The summed E-state index contributed by atoms with van der Waals surface area (Å²) < 4.78 is 29.1. The van der Waals surface area contributed by atoms with E-state index in [9.17, 15) is 18.0 Å². The van der Waals surface area contributed by atoms with Gasteiger partial charge in [0.1, 0.15) is 12.6 Å². The molecule has 1 atom stereocenters. The summed E-state index contributed by atoms with van der Waals surface area (Å²) in [6, 6.07) is 19.8. The molecule has 2 amide bonds. The molecule has 0 radical (unpaired) electrons.